The fourth-order valence-corrected chi connectivity index (χ4v) is 0.935. The molecular formula is C8H14N2. The molecule has 1 aliphatic rings. The maximum atomic E-state index is 6.75. The first-order valence-electron chi connectivity index (χ1n) is 3.73. The Hall–Kier alpha value is -0.790. The van der Waals surface area contributed by atoms with Gasteiger partial charge in [0.05, 0.1) is 0 Å². The zero-order valence-electron chi connectivity index (χ0n) is 6.35. The number of hydrogen-bond donors (Lipinski definition) is 2. The van der Waals surface area contributed by atoms with Crippen LogP contribution in [0.15, 0.2) is 11.8 Å². The standard InChI is InChI=1S/C8H14N2/c1-7(8-2-3-8)6-10-5-4-9/h4,6,8-10H,2-3,5H2,1H3/b7-6+,9-4?. The van der Waals surface area contributed by atoms with Gasteiger partial charge in [-0.2, -0.15) is 0 Å². The molecule has 0 atom stereocenters. The molecule has 0 aliphatic heterocycles. The molecule has 10 heavy (non-hydrogen) atoms. The molecule has 1 aliphatic carbocycles. The van der Waals surface area contributed by atoms with Crippen LogP contribution in [0.2, 0.25) is 0 Å². The predicted octanol–water partition coefficient (Wildman–Crippen LogP) is 1.54. The maximum Gasteiger partial charge on any atom is 0.0491 e. The molecule has 0 saturated heterocycles. The maximum absolute atomic E-state index is 6.75. The lowest BCUT2D eigenvalue weighted by Gasteiger charge is -1.97. The second-order valence-electron chi connectivity index (χ2n) is 2.78. The minimum Gasteiger partial charge on any atom is -0.386 e. The highest BCUT2D eigenvalue weighted by Gasteiger charge is 2.22. The Morgan fingerprint density at radius 1 is 1.70 bits per heavy atom. The van der Waals surface area contributed by atoms with Gasteiger partial charge in [-0.05, 0) is 31.9 Å². The van der Waals surface area contributed by atoms with Crippen LogP contribution in [-0.4, -0.2) is 12.8 Å². The van der Waals surface area contributed by atoms with Crippen molar-refractivity contribution in [3.05, 3.63) is 11.8 Å². The molecule has 0 aromatic heterocycles. The van der Waals surface area contributed by atoms with E-state index in [0.29, 0.717) is 6.54 Å². The highest BCUT2D eigenvalue weighted by Crippen LogP contribution is 2.35. The van der Waals surface area contributed by atoms with Crippen LogP contribution in [0.3, 0.4) is 0 Å². The Bertz CT molecular complexity index is 145. The van der Waals surface area contributed by atoms with Crippen LogP contribution in [0.4, 0.5) is 0 Å². The third-order valence-electron chi connectivity index (χ3n) is 1.77. The summed E-state index contributed by atoms with van der Waals surface area (Å²) in [6.45, 7) is 2.80. The van der Waals surface area contributed by atoms with Crippen molar-refractivity contribution < 1.29 is 0 Å². The number of rotatable bonds is 4. The summed E-state index contributed by atoms with van der Waals surface area (Å²) in [5.74, 6) is 0.846. The van der Waals surface area contributed by atoms with Crippen LogP contribution in [0.25, 0.3) is 0 Å². The average molecular weight is 138 g/mol. The summed E-state index contributed by atoms with van der Waals surface area (Å²) in [4.78, 5) is 0. The van der Waals surface area contributed by atoms with Gasteiger partial charge < -0.3 is 10.7 Å². The monoisotopic (exact) mass is 138 g/mol. The van der Waals surface area contributed by atoms with Gasteiger partial charge in [0.25, 0.3) is 0 Å². The van der Waals surface area contributed by atoms with Gasteiger partial charge in [-0.3, -0.25) is 0 Å². The Labute approximate surface area is 61.8 Å². The Kier molecular flexibility index (Phi) is 2.49. The number of hydrogen-bond acceptors (Lipinski definition) is 2. The molecule has 0 spiro atoms. The van der Waals surface area contributed by atoms with E-state index in [4.69, 9.17) is 5.41 Å². The molecule has 0 radical (unpaired) electrons. The second kappa shape index (κ2) is 3.40. The van der Waals surface area contributed by atoms with Crippen molar-refractivity contribution in [1.29, 1.82) is 5.41 Å². The molecule has 1 fully saturated rings. The quantitative estimate of drug-likeness (QED) is 0.448. The summed E-state index contributed by atoms with van der Waals surface area (Å²) in [7, 11) is 0. The van der Waals surface area contributed by atoms with Gasteiger partial charge in [-0.25, -0.2) is 0 Å². The fourth-order valence-electron chi connectivity index (χ4n) is 0.935. The molecule has 56 valence electrons. The molecule has 1 rings (SSSR count). The molecule has 2 N–H and O–H groups in total. The zero-order chi connectivity index (χ0) is 7.40. The summed E-state index contributed by atoms with van der Waals surface area (Å²) >= 11 is 0. The normalized spacial score (nSPS) is 18.7. The third kappa shape index (κ3) is 2.21. The summed E-state index contributed by atoms with van der Waals surface area (Å²) in [6.07, 6.45) is 6.11. The number of allylic oxidation sites excluding steroid dienone is 1. The Balaban J connectivity index is 2.16. The summed E-state index contributed by atoms with van der Waals surface area (Å²) in [5, 5.41) is 9.80. The zero-order valence-corrected chi connectivity index (χ0v) is 6.35. The van der Waals surface area contributed by atoms with Crippen molar-refractivity contribution in [3.63, 3.8) is 0 Å². The molecule has 0 heterocycles. The van der Waals surface area contributed by atoms with E-state index in [1.165, 1.54) is 24.6 Å². The van der Waals surface area contributed by atoms with Crippen molar-refractivity contribution in [2.45, 2.75) is 19.8 Å². The van der Waals surface area contributed by atoms with Gasteiger partial charge in [-0.15, -0.1) is 0 Å². The van der Waals surface area contributed by atoms with E-state index in [1.807, 2.05) is 6.20 Å². The topological polar surface area (TPSA) is 35.9 Å². The van der Waals surface area contributed by atoms with Crippen molar-refractivity contribution in [2.24, 2.45) is 5.92 Å². The first-order valence-corrected chi connectivity index (χ1v) is 3.73. The van der Waals surface area contributed by atoms with Crippen molar-refractivity contribution >= 4 is 6.21 Å². The van der Waals surface area contributed by atoms with Gasteiger partial charge >= 0.3 is 0 Å². The molecule has 0 aromatic carbocycles. The van der Waals surface area contributed by atoms with Crippen molar-refractivity contribution in [2.75, 3.05) is 6.54 Å². The van der Waals surface area contributed by atoms with Crippen LogP contribution in [0.5, 0.6) is 0 Å². The van der Waals surface area contributed by atoms with Gasteiger partial charge in [0.2, 0.25) is 0 Å². The highest BCUT2D eigenvalue weighted by molar-refractivity contribution is 5.55. The van der Waals surface area contributed by atoms with E-state index in [2.05, 4.69) is 12.2 Å². The summed E-state index contributed by atoms with van der Waals surface area (Å²) < 4.78 is 0. The highest BCUT2D eigenvalue weighted by atomic mass is 14.8. The van der Waals surface area contributed by atoms with Crippen LogP contribution >= 0.6 is 0 Å². The smallest absolute Gasteiger partial charge is 0.0491 e. The molecule has 1 saturated carbocycles. The van der Waals surface area contributed by atoms with E-state index >= 15 is 0 Å². The molecule has 0 amide bonds. The molecule has 2 nitrogen and oxygen atoms in total. The molecule has 0 unspecified atom stereocenters. The second-order valence-corrected chi connectivity index (χ2v) is 2.78. The van der Waals surface area contributed by atoms with E-state index < -0.39 is 0 Å². The van der Waals surface area contributed by atoms with Crippen molar-refractivity contribution in [3.8, 4) is 0 Å². The van der Waals surface area contributed by atoms with Crippen LogP contribution in [0, 0.1) is 11.3 Å². The van der Waals surface area contributed by atoms with Gasteiger partial charge in [-0.1, -0.05) is 5.57 Å². The van der Waals surface area contributed by atoms with E-state index in [-0.39, 0.29) is 0 Å². The lowest BCUT2D eigenvalue weighted by Crippen LogP contribution is -2.08. The first-order chi connectivity index (χ1) is 4.84. The van der Waals surface area contributed by atoms with E-state index in [0.717, 1.165) is 5.92 Å². The summed E-state index contributed by atoms with van der Waals surface area (Å²) in [5.41, 5.74) is 1.43. The van der Waals surface area contributed by atoms with Crippen LogP contribution in [0.1, 0.15) is 19.8 Å². The largest absolute Gasteiger partial charge is 0.386 e. The SMILES string of the molecule is C/C(=C\NCC=N)C1CC1. The van der Waals surface area contributed by atoms with Crippen LogP contribution in [-0.2, 0) is 0 Å². The minimum absolute atomic E-state index is 0.657. The third-order valence-corrected chi connectivity index (χ3v) is 1.77. The number of nitrogens with one attached hydrogen (secondary N) is 2. The molecule has 2 heteroatoms. The molecule has 0 aromatic rings. The van der Waals surface area contributed by atoms with Crippen LogP contribution < -0.4 is 5.32 Å². The summed E-state index contributed by atoms with van der Waals surface area (Å²) in [6, 6.07) is 0. The molecule has 0 bridgehead atoms. The minimum atomic E-state index is 0.657. The molecular weight excluding hydrogens is 124 g/mol. The first kappa shape index (κ1) is 7.32. The Morgan fingerprint density at radius 2 is 2.40 bits per heavy atom. The fraction of sp³-hybridized carbons (Fsp3) is 0.625. The lowest BCUT2D eigenvalue weighted by atomic mass is 10.2. The Morgan fingerprint density at radius 3 is 2.90 bits per heavy atom. The average Bonchev–Trinajstić information content (AvgIpc) is 2.69. The van der Waals surface area contributed by atoms with Gasteiger partial charge in [0.15, 0.2) is 0 Å². The van der Waals surface area contributed by atoms with Crippen molar-refractivity contribution in [1.82, 2.24) is 5.32 Å². The van der Waals surface area contributed by atoms with Gasteiger partial charge in [0, 0.05) is 12.8 Å². The van der Waals surface area contributed by atoms with Gasteiger partial charge in [0.1, 0.15) is 0 Å². The lowest BCUT2D eigenvalue weighted by molar-refractivity contribution is 0.932. The van der Waals surface area contributed by atoms with E-state index in [1.54, 1.807) is 0 Å². The van der Waals surface area contributed by atoms with E-state index in [9.17, 15) is 0 Å². The predicted molar refractivity (Wildman–Crippen MR) is 43.3 cm³/mol.